The van der Waals surface area contributed by atoms with E-state index >= 15 is 0 Å². The van der Waals surface area contributed by atoms with Gasteiger partial charge in [0.15, 0.2) is 6.61 Å². The molecule has 1 N–H and O–H groups in total. The van der Waals surface area contributed by atoms with Crippen LogP contribution in [0.25, 0.3) is 10.6 Å². The van der Waals surface area contributed by atoms with Crippen molar-refractivity contribution in [1.29, 1.82) is 0 Å². The molecule has 0 saturated carbocycles. The number of imide groups is 1. The minimum Gasteiger partial charge on any atom is -0.451 e. The lowest BCUT2D eigenvalue weighted by molar-refractivity contribution is -0.123. The number of benzene rings is 2. The Morgan fingerprint density at radius 2 is 1.63 bits per heavy atom. The first kappa shape index (κ1) is 18.5. The van der Waals surface area contributed by atoms with Gasteiger partial charge < -0.3 is 4.74 Å². The molecule has 2 aromatic carbocycles. The van der Waals surface area contributed by atoms with Gasteiger partial charge in [0.1, 0.15) is 9.88 Å². The summed E-state index contributed by atoms with van der Waals surface area (Å²) >= 11 is 1.20. The van der Waals surface area contributed by atoms with E-state index in [2.05, 4.69) is 10.3 Å². The number of rotatable bonds is 5. The molecule has 0 fully saturated rings. The number of aryl methyl sites for hydroxylation is 1. The van der Waals surface area contributed by atoms with Crippen LogP contribution < -0.4 is 5.32 Å². The number of hydrogen-bond acceptors (Lipinski definition) is 6. The van der Waals surface area contributed by atoms with E-state index in [1.54, 1.807) is 37.3 Å². The number of thiazole rings is 1. The van der Waals surface area contributed by atoms with Gasteiger partial charge in [-0.3, -0.25) is 14.9 Å². The highest BCUT2D eigenvalue weighted by Crippen LogP contribution is 2.28. The van der Waals surface area contributed by atoms with Crippen molar-refractivity contribution in [3.8, 4) is 10.6 Å². The summed E-state index contributed by atoms with van der Waals surface area (Å²) in [5, 5.41) is 2.88. The molecule has 0 atom stereocenters. The van der Waals surface area contributed by atoms with Crippen LogP contribution in [-0.2, 0) is 9.53 Å². The third kappa shape index (κ3) is 4.65. The van der Waals surface area contributed by atoms with Crippen LogP contribution >= 0.6 is 11.3 Å². The van der Waals surface area contributed by atoms with Crippen LogP contribution in [0.3, 0.4) is 0 Å². The molecular weight excluding hydrogens is 364 g/mol. The zero-order chi connectivity index (χ0) is 19.2. The van der Waals surface area contributed by atoms with Crippen molar-refractivity contribution in [1.82, 2.24) is 10.3 Å². The largest absolute Gasteiger partial charge is 0.451 e. The standard InChI is InChI=1S/C20H16N2O4S/c1-13-17(27-19(21-13)15-10-6-3-7-11-15)20(25)26-12-16(23)22-18(24)14-8-4-2-5-9-14/h2-11H,12H2,1H3,(H,22,23,24). The van der Waals surface area contributed by atoms with Gasteiger partial charge in [0.2, 0.25) is 0 Å². The Balaban J connectivity index is 1.59. The highest BCUT2D eigenvalue weighted by Gasteiger charge is 2.19. The summed E-state index contributed by atoms with van der Waals surface area (Å²) in [6.07, 6.45) is 0. The minimum absolute atomic E-state index is 0.330. The second-order valence-electron chi connectivity index (χ2n) is 5.62. The topological polar surface area (TPSA) is 85.4 Å². The molecule has 3 rings (SSSR count). The molecule has 7 heteroatoms. The lowest BCUT2D eigenvalue weighted by Crippen LogP contribution is -2.34. The second-order valence-corrected chi connectivity index (χ2v) is 6.62. The SMILES string of the molecule is Cc1nc(-c2ccccc2)sc1C(=O)OCC(=O)NC(=O)c1ccccc1. The van der Waals surface area contributed by atoms with Gasteiger partial charge in [0, 0.05) is 11.1 Å². The van der Waals surface area contributed by atoms with Crippen molar-refractivity contribution in [2.75, 3.05) is 6.61 Å². The monoisotopic (exact) mass is 380 g/mol. The van der Waals surface area contributed by atoms with Crippen LogP contribution in [0.5, 0.6) is 0 Å². The number of amides is 2. The fourth-order valence-electron chi connectivity index (χ4n) is 2.31. The van der Waals surface area contributed by atoms with Crippen molar-refractivity contribution < 1.29 is 19.1 Å². The van der Waals surface area contributed by atoms with E-state index in [0.717, 1.165) is 5.56 Å². The average Bonchev–Trinajstić information content (AvgIpc) is 3.09. The molecule has 1 aromatic heterocycles. The van der Waals surface area contributed by atoms with Gasteiger partial charge in [-0.05, 0) is 19.1 Å². The molecule has 27 heavy (non-hydrogen) atoms. The van der Waals surface area contributed by atoms with Gasteiger partial charge >= 0.3 is 5.97 Å². The zero-order valence-corrected chi connectivity index (χ0v) is 15.3. The molecule has 3 aromatic rings. The van der Waals surface area contributed by atoms with Crippen LogP contribution in [0.15, 0.2) is 60.7 Å². The van der Waals surface area contributed by atoms with Gasteiger partial charge in [-0.2, -0.15) is 0 Å². The van der Waals surface area contributed by atoms with Crippen LogP contribution in [-0.4, -0.2) is 29.4 Å². The first-order valence-corrected chi connectivity index (χ1v) is 8.95. The summed E-state index contributed by atoms with van der Waals surface area (Å²) in [6, 6.07) is 17.8. The van der Waals surface area contributed by atoms with Gasteiger partial charge in [-0.1, -0.05) is 48.5 Å². The maximum atomic E-state index is 12.3. The number of esters is 1. The second kappa shape index (κ2) is 8.37. The van der Waals surface area contributed by atoms with E-state index in [-0.39, 0.29) is 0 Å². The Bertz CT molecular complexity index is 968. The quantitative estimate of drug-likeness (QED) is 0.687. The predicted molar refractivity (Wildman–Crippen MR) is 101 cm³/mol. The number of nitrogens with one attached hydrogen (secondary N) is 1. The third-order valence-corrected chi connectivity index (χ3v) is 4.81. The van der Waals surface area contributed by atoms with E-state index < -0.39 is 24.4 Å². The molecular formula is C20H16N2O4S. The minimum atomic E-state index is -0.692. The molecule has 0 aliphatic carbocycles. The smallest absolute Gasteiger partial charge is 0.350 e. The summed E-state index contributed by atoms with van der Waals surface area (Å²) < 4.78 is 5.02. The fourth-order valence-corrected chi connectivity index (χ4v) is 3.28. The summed E-state index contributed by atoms with van der Waals surface area (Å²) in [4.78, 5) is 40.7. The third-order valence-electron chi connectivity index (χ3n) is 3.63. The molecule has 1 heterocycles. The Hall–Kier alpha value is -3.32. The summed E-state index contributed by atoms with van der Waals surface area (Å²) in [6.45, 7) is 1.16. The lowest BCUT2D eigenvalue weighted by Gasteiger charge is -2.05. The van der Waals surface area contributed by atoms with Crippen molar-refractivity contribution in [2.45, 2.75) is 6.92 Å². The average molecular weight is 380 g/mol. The van der Waals surface area contributed by atoms with E-state index in [1.807, 2.05) is 30.3 Å². The molecule has 0 spiro atoms. The number of carbonyl (C=O) groups excluding carboxylic acids is 3. The van der Waals surface area contributed by atoms with Gasteiger partial charge in [-0.15, -0.1) is 11.3 Å². The predicted octanol–water partition coefficient (Wildman–Crippen LogP) is 3.23. The Labute approximate surface area is 159 Å². The fraction of sp³-hybridized carbons (Fsp3) is 0.100. The van der Waals surface area contributed by atoms with Crippen LogP contribution in [0.4, 0.5) is 0 Å². The molecule has 136 valence electrons. The molecule has 0 unspecified atom stereocenters. The Morgan fingerprint density at radius 3 is 2.30 bits per heavy atom. The molecule has 0 bridgehead atoms. The van der Waals surface area contributed by atoms with Crippen molar-refractivity contribution in [3.63, 3.8) is 0 Å². The van der Waals surface area contributed by atoms with E-state index in [0.29, 0.717) is 21.1 Å². The van der Waals surface area contributed by atoms with E-state index in [4.69, 9.17) is 4.74 Å². The Morgan fingerprint density at radius 1 is 1.00 bits per heavy atom. The lowest BCUT2D eigenvalue weighted by atomic mass is 10.2. The summed E-state index contributed by atoms with van der Waals surface area (Å²) in [5.41, 5.74) is 1.78. The zero-order valence-electron chi connectivity index (χ0n) is 14.5. The first-order chi connectivity index (χ1) is 13.0. The van der Waals surface area contributed by atoms with Gasteiger partial charge in [0.25, 0.3) is 11.8 Å². The summed E-state index contributed by atoms with van der Waals surface area (Å²) in [5.74, 6) is -1.88. The molecule has 0 radical (unpaired) electrons. The van der Waals surface area contributed by atoms with E-state index in [9.17, 15) is 14.4 Å². The number of aromatic nitrogens is 1. The van der Waals surface area contributed by atoms with Gasteiger partial charge in [0.05, 0.1) is 5.69 Å². The summed E-state index contributed by atoms with van der Waals surface area (Å²) in [7, 11) is 0. The van der Waals surface area contributed by atoms with Crippen LogP contribution in [0.1, 0.15) is 25.7 Å². The van der Waals surface area contributed by atoms with Crippen LogP contribution in [0.2, 0.25) is 0 Å². The highest BCUT2D eigenvalue weighted by atomic mass is 32.1. The molecule has 2 amide bonds. The Kier molecular flexibility index (Phi) is 5.73. The first-order valence-electron chi connectivity index (χ1n) is 8.14. The van der Waals surface area contributed by atoms with Crippen molar-refractivity contribution >= 4 is 29.1 Å². The molecule has 0 saturated heterocycles. The molecule has 0 aliphatic heterocycles. The molecule has 0 aliphatic rings. The number of nitrogens with zero attached hydrogens (tertiary/aromatic N) is 1. The maximum absolute atomic E-state index is 12.3. The highest BCUT2D eigenvalue weighted by molar-refractivity contribution is 7.17. The molecule has 6 nitrogen and oxygen atoms in total. The van der Waals surface area contributed by atoms with Crippen LogP contribution in [0, 0.1) is 6.92 Å². The number of carbonyl (C=O) groups is 3. The van der Waals surface area contributed by atoms with Crippen molar-refractivity contribution in [3.05, 3.63) is 76.8 Å². The van der Waals surface area contributed by atoms with E-state index in [1.165, 1.54) is 11.3 Å². The number of ether oxygens (including phenoxy) is 1. The van der Waals surface area contributed by atoms with Crippen molar-refractivity contribution in [2.24, 2.45) is 0 Å². The maximum Gasteiger partial charge on any atom is 0.350 e. The van der Waals surface area contributed by atoms with Gasteiger partial charge in [-0.25, -0.2) is 9.78 Å². The normalized spacial score (nSPS) is 10.3. The number of hydrogen-bond donors (Lipinski definition) is 1.